The molecule has 2 N–H and O–H groups in total. The normalized spacial score (nSPS) is 32.4. The van der Waals surface area contributed by atoms with Crippen LogP contribution in [0.25, 0.3) is 0 Å². The molecule has 1 heterocycles. The number of hydrogen-bond acceptors (Lipinski definition) is 4. The van der Waals surface area contributed by atoms with Gasteiger partial charge in [-0.25, -0.2) is 9.59 Å². The third kappa shape index (κ3) is 3.59. The minimum Gasteiger partial charge on any atom is -0.480 e. The van der Waals surface area contributed by atoms with Crippen molar-refractivity contribution in [1.29, 1.82) is 0 Å². The van der Waals surface area contributed by atoms with E-state index in [2.05, 4.69) is 10.1 Å². The predicted octanol–water partition coefficient (Wildman–Crippen LogP) is 1.39. The van der Waals surface area contributed by atoms with Gasteiger partial charge in [-0.2, -0.15) is 0 Å². The van der Waals surface area contributed by atoms with Crippen LogP contribution in [-0.2, 0) is 14.3 Å². The number of carbonyl (C=O) groups excluding carboxylic acids is 1. The summed E-state index contributed by atoms with van der Waals surface area (Å²) < 4.78 is 10.4. The van der Waals surface area contributed by atoms with Gasteiger partial charge in [0.2, 0.25) is 0 Å². The molecule has 0 unspecified atom stereocenters. The van der Waals surface area contributed by atoms with Gasteiger partial charge in [-0.05, 0) is 44.4 Å². The van der Waals surface area contributed by atoms with E-state index in [-0.39, 0.29) is 18.1 Å². The summed E-state index contributed by atoms with van der Waals surface area (Å²) in [7, 11) is 1.23. The molecule has 2 fully saturated rings. The number of carboxylic acid groups (broad SMARTS) is 1. The summed E-state index contributed by atoms with van der Waals surface area (Å²) in [5.41, 5.74) is 0. The second-order valence-corrected chi connectivity index (χ2v) is 5.51. The molecule has 0 radical (unpaired) electrons. The first kappa shape index (κ1) is 14.1. The SMILES string of the molecule is COC(=O)N[C@@H](C(=O)O)[C@H]1C[C@@H](C)O[C@H](C2CC2)C1. The van der Waals surface area contributed by atoms with E-state index in [1.165, 1.54) is 7.11 Å². The first-order valence-electron chi connectivity index (χ1n) is 6.74. The number of ether oxygens (including phenoxy) is 2. The van der Waals surface area contributed by atoms with Gasteiger partial charge in [0, 0.05) is 0 Å². The van der Waals surface area contributed by atoms with Gasteiger partial charge in [-0.1, -0.05) is 0 Å². The Morgan fingerprint density at radius 3 is 2.58 bits per heavy atom. The topological polar surface area (TPSA) is 84.9 Å². The maximum absolute atomic E-state index is 11.3. The number of alkyl carbamates (subject to hydrolysis) is 1. The van der Waals surface area contributed by atoms with Crippen LogP contribution >= 0.6 is 0 Å². The third-order valence-corrected chi connectivity index (χ3v) is 3.92. The standard InChI is InChI=1S/C13H21NO5/c1-7-5-9(6-10(19-7)8-3-4-8)11(12(15)16)14-13(17)18-2/h7-11H,3-6H2,1-2H3,(H,14,17)(H,15,16)/t7-,9+,10+,11-/m1/s1. The van der Waals surface area contributed by atoms with Crippen molar-refractivity contribution in [2.45, 2.75) is 50.9 Å². The largest absolute Gasteiger partial charge is 0.480 e. The van der Waals surface area contributed by atoms with Crippen molar-refractivity contribution >= 4 is 12.1 Å². The number of hydrogen-bond donors (Lipinski definition) is 2. The molecular weight excluding hydrogens is 250 g/mol. The summed E-state index contributed by atoms with van der Waals surface area (Å²) in [5.74, 6) is -0.553. The summed E-state index contributed by atoms with van der Waals surface area (Å²) in [6.07, 6.45) is 3.12. The maximum atomic E-state index is 11.3. The van der Waals surface area contributed by atoms with Crippen molar-refractivity contribution in [3.63, 3.8) is 0 Å². The summed E-state index contributed by atoms with van der Waals surface area (Å²) in [5, 5.41) is 11.7. The lowest BCUT2D eigenvalue weighted by Gasteiger charge is -2.36. The Bertz CT molecular complexity index is 355. The zero-order valence-electron chi connectivity index (χ0n) is 11.3. The quantitative estimate of drug-likeness (QED) is 0.807. The molecule has 1 aliphatic carbocycles. The van der Waals surface area contributed by atoms with E-state index in [1.54, 1.807) is 0 Å². The van der Waals surface area contributed by atoms with E-state index < -0.39 is 18.1 Å². The van der Waals surface area contributed by atoms with Crippen LogP contribution in [0.1, 0.15) is 32.6 Å². The Hall–Kier alpha value is -1.30. The van der Waals surface area contributed by atoms with Crippen LogP contribution in [0.5, 0.6) is 0 Å². The van der Waals surface area contributed by atoms with Crippen LogP contribution in [0.2, 0.25) is 0 Å². The highest BCUT2D eigenvalue weighted by molar-refractivity contribution is 5.80. The average Bonchev–Trinajstić information content (AvgIpc) is 3.18. The summed E-state index contributed by atoms with van der Waals surface area (Å²) in [4.78, 5) is 22.6. The number of carboxylic acids is 1. The maximum Gasteiger partial charge on any atom is 0.407 e. The Kier molecular flexibility index (Phi) is 4.29. The lowest BCUT2D eigenvalue weighted by Crippen LogP contribution is -2.50. The van der Waals surface area contributed by atoms with E-state index in [4.69, 9.17) is 4.74 Å². The third-order valence-electron chi connectivity index (χ3n) is 3.92. The number of methoxy groups -OCH3 is 1. The molecule has 0 bridgehead atoms. The second-order valence-electron chi connectivity index (χ2n) is 5.51. The number of nitrogens with one attached hydrogen (secondary N) is 1. The number of rotatable bonds is 4. The number of amides is 1. The van der Waals surface area contributed by atoms with Gasteiger partial charge in [-0.3, -0.25) is 0 Å². The van der Waals surface area contributed by atoms with Gasteiger partial charge in [-0.15, -0.1) is 0 Å². The fourth-order valence-electron chi connectivity index (χ4n) is 2.84. The molecule has 1 saturated carbocycles. The van der Waals surface area contributed by atoms with Crippen LogP contribution < -0.4 is 5.32 Å². The summed E-state index contributed by atoms with van der Waals surface area (Å²) in [6.45, 7) is 1.96. The molecule has 2 rings (SSSR count). The second kappa shape index (κ2) is 5.77. The highest BCUT2D eigenvalue weighted by atomic mass is 16.5. The lowest BCUT2D eigenvalue weighted by atomic mass is 9.84. The smallest absolute Gasteiger partial charge is 0.407 e. The molecule has 4 atom stereocenters. The minimum atomic E-state index is -1.01. The van der Waals surface area contributed by atoms with E-state index in [0.717, 1.165) is 12.8 Å². The molecule has 6 heteroatoms. The van der Waals surface area contributed by atoms with Crippen LogP contribution in [0, 0.1) is 11.8 Å². The molecule has 1 saturated heterocycles. The van der Waals surface area contributed by atoms with Gasteiger partial charge in [0.25, 0.3) is 0 Å². The van der Waals surface area contributed by atoms with Crippen molar-refractivity contribution in [3.8, 4) is 0 Å². The Labute approximate surface area is 112 Å². The first-order chi connectivity index (χ1) is 9.01. The van der Waals surface area contributed by atoms with Crippen LogP contribution in [-0.4, -0.2) is 42.5 Å². The molecule has 0 spiro atoms. The van der Waals surface area contributed by atoms with E-state index >= 15 is 0 Å². The van der Waals surface area contributed by atoms with Crippen LogP contribution in [0.4, 0.5) is 4.79 Å². The van der Waals surface area contributed by atoms with Gasteiger partial charge >= 0.3 is 12.1 Å². The Morgan fingerprint density at radius 2 is 2.05 bits per heavy atom. The predicted molar refractivity (Wildman–Crippen MR) is 66.7 cm³/mol. The highest BCUT2D eigenvalue weighted by Crippen LogP contribution is 2.41. The Balaban J connectivity index is 2.02. The highest BCUT2D eigenvalue weighted by Gasteiger charge is 2.42. The first-order valence-corrected chi connectivity index (χ1v) is 6.74. The fourth-order valence-corrected chi connectivity index (χ4v) is 2.84. The van der Waals surface area contributed by atoms with Crippen molar-refractivity contribution in [2.75, 3.05) is 7.11 Å². The van der Waals surface area contributed by atoms with Crippen molar-refractivity contribution in [1.82, 2.24) is 5.32 Å². The molecule has 19 heavy (non-hydrogen) atoms. The molecular formula is C13H21NO5. The van der Waals surface area contributed by atoms with Gasteiger partial charge < -0.3 is 19.9 Å². The Morgan fingerprint density at radius 1 is 1.37 bits per heavy atom. The van der Waals surface area contributed by atoms with Crippen molar-refractivity contribution < 1.29 is 24.2 Å². The van der Waals surface area contributed by atoms with E-state index in [9.17, 15) is 14.7 Å². The molecule has 2 aliphatic rings. The van der Waals surface area contributed by atoms with Crippen LogP contribution in [0.3, 0.4) is 0 Å². The summed E-state index contributed by atoms with van der Waals surface area (Å²) >= 11 is 0. The molecule has 0 aromatic carbocycles. The molecule has 108 valence electrons. The molecule has 0 aromatic rings. The van der Waals surface area contributed by atoms with Gasteiger partial charge in [0.15, 0.2) is 0 Å². The lowest BCUT2D eigenvalue weighted by molar-refractivity contribution is -0.144. The molecule has 1 amide bonds. The number of carbonyl (C=O) groups is 2. The molecule has 6 nitrogen and oxygen atoms in total. The molecule has 0 aromatic heterocycles. The number of aliphatic carboxylic acids is 1. The molecule has 1 aliphatic heterocycles. The summed E-state index contributed by atoms with van der Waals surface area (Å²) in [6, 6.07) is -0.903. The fraction of sp³-hybridized carbons (Fsp3) is 0.846. The van der Waals surface area contributed by atoms with Gasteiger partial charge in [0.1, 0.15) is 6.04 Å². The zero-order chi connectivity index (χ0) is 14.0. The van der Waals surface area contributed by atoms with Crippen molar-refractivity contribution in [2.24, 2.45) is 11.8 Å². The zero-order valence-corrected chi connectivity index (χ0v) is 11.3. The van der Waals surface area contributed by atoms with E-state index in [1.807, 2.05) is 6.92 Å². The van der Waals surface area contributed by atoms with E-state index in [0.29, 0.717) is 18.8 Å². The monoisotopic (exact) mass is 271 g/mol. The van der Waals surface area contributed by atoms with Crippen LogP contribution in [0.15, 0.2) is 0 Å². The minimum absolute atomic E-state index is 0.0330. The van der Waals surface area contributed by atoms with Crippen molar-refractivity contribution in [3.05, 3.63) is 0 Å². The van der Waals surface area contributed by atoms with Gasteiger partial charge in [0.05, 0.1) is 19.3 Å². The average molecular weight is 271 g/mol.